The molecule has 4 aromatic carbocycles. The summed E-state index contributed by atoms with van der Waals surface area (Å²) in [5, 5.41) is 15.3. The van der Waals surface area contributed by atoms with Gasteiger partial charge in [-0.05, 0) is 54.6 Å². The number of para-hydroxylation sites is 2. The third kappa shape index (κ3) is 3.84. The van der Waals surface area contributed by atoms with E-state index in [1.165, 1.54) is 11.8 Å². The van der Waals surface area contributed by atoms with Crippen LogP contribution in [0, 0.1) is 6.92 Å². The molecule has 5 nitrogen and oxygen atoms in total. The number of hydrazone groups is 2. The largest absolute Gasteiger partial charge is 0.292 e. The number of Topliss-reactive ketones (excluding diaryl/α,β-unsaturated/α-hetero) is 1. The Morgan fingerprint density at radius 1 is 0.811 bits per heavy atom. The number of benzene rings is 4. The lowest BCUT2D eigenvalue weighted by molar-refractivity contribution is -0.110. The van der Waals surface area contributed by atoms with Crippen molar-refractivity contribution in [1.29, 1.82) is 0 Å². The minimum atomic E-state index is -0.957. The second-order valence-electron chi connectivity index (χ2n) is 8.92. The fourth-order valence-corrected chi connectivity index (χ4v) is 6.16. The number of hydrogen-bond acceptors (Lipinski definition) is 6. The highest BCUT2D eigenvalue weighted by atomic mass is 35.5. The minimum Gasteiger partial charge on any atom is -0.292 e. The Bertz CT molecular complexity index is 1570. The molecule has 0 aromatic heterocycles. The van der Waals surface area contributed by atoms with Crippen molar-refractivity contribution < 1.29 is 4.79 Å². The van der Waals surface area contributed by atoms with Crippen molar-refractivity contribution in [3.8, 4) is 0 Å². The summed E-state index contributed by atoms with van der Waals surface area (Å²) in [6, 6.07) is 34.1. The molecular weight excluding hydrogens is 500 g/mol. The second kappa shape index (κ2) is 9.21. The van der Waals surface area contributed by atoms with E-state index in [2.05, 4.69) is 25.1 Å². The number of hydrogen-bond donors (Lipinski definition) is 0. The van der Waals surface area contributed by atoms with Crippen LogP contribution < -0.4 is 10.0 Å². The number of aryl methyl sites for hydroxylation is 1. The smallest absolute Gasteiger partial charge is 0.234 e. The van der Waals surface area contributed by atoms with Gasteiger partial charge in [0.2, 0.25) is 4.99 Å². The van der Waals surface area contributed by atoms with Crippen molar-refractivity contribution in [2.45, 2.75) is 18.8 Å². The summed E-state index contributed by atoms with van der Waals surface area (Å²) in [6.07, 6.45) is 0. The lowest BCUT2D eigenvalue weighted by atomic mass is 9.93. The maximum atomic E-state index is 12.8. The van der Waals surface area contributed by atoms with Crippen LogP contribution in [0.2, 0.25) is 5.02 Å². The quantitative estimate of drug-likeness (QED) is 0.284. The summed E-state index contributed by atoms with van der Waals surface area (Å²) in [5.74, 6) is -0.0848. The van der Waals surface area contributed by atoms with Crippen molar-refractivity contribution >= 4 is 51.3 Å². The van der Waals surface area contributed by atoms with E-state index in [1.807, 2.05) is 94.9 Å². The molecule has 1 spiro atoms. The maximum absolute atomic E-state index is 12.8. The van der Waals surface area contributed by atoms with Crippen LogP contribution in [0.25, 0.3) is 0 Å². The van der Waals surface area contributed by atoms with Crippen molar-refractivity contribution in [3.05, 3.63) is 130 Å². The van der Waals surface area contributed by atoms with Crippen LogP contribution in [0.3, 0.4) is 0 Å². The number of rotatable bonds is 4. The summed E-state index contributed by atoms with van der Waals surface area (Å²) < 4.78 is 0. The van der Waals surface area contributed by atoms with Crippen molar-refractivity contribution in [2.24, 2.45) is 10.2 Å². The van der Waals surface area contributed by atoms with E-state index in [9.17, 15) is 4.79 Å². The van der Waals surface area contributed by atoms with Crippen molar-refractivity contribution in [1.82, 2.24) is 0 Å². The highest BCUT2D eigenvalue weighted by Gasteiger charge is 2.56. The van der Waals surface area contributed by atoms with Gasteiger partial charge in [0.1, 0.15) is 0 Å². The van der Waals surface area contributed by atoms with Crippen LogP contribution in [-0.2, 0) is 9.79 Å². The molecule has 0 fully saturated rings. The first-order chi connectivity index (χ1) is 18.0. The highest BCUT2D eigenvalue weighted by molar-refractivity contribution is 8.17. The van der Waals surface area contributed by atoms with Gasteiger partial charge in [-0.25, -0.2) is 10.0 Å². The van der Waals surface area contributed by atoms with Crippen LogP contribution in [0.4, 0.5) is 11.4 Å². The predicted octanol–water partition coefficient (Wildman–Crippen LogP) is 7.19. The minimum absolute atomic E-state index is 0.0848. The molecular formula is C30H23ClN4OS. The van der Waals surface area contributed by atoms with E-state index in [0.717, 1.165) is 39.3 Å². The first-order valence-electron chi connectivity index (χ1n) is 11.9. The number of thioether (sulfide) groups is 1. The molecule has 0 N–H and O–H groups in total. The van der Waals surface area contributed by atoms with Gasteiger partial charge < -0.3 is 0 Å². The molecule has 0 saturated carbocycles. The zero-order valence-electron chi connectivity index (χ0n) is 20.3. The van der Waals surface area contributed by atoms with Crippen LogP contribution in [0.5, 0.6) is 0 Å². The Morgan fingerprint density at radius 3 is 2.22 bits per heavy atom. The van der Waals surface area contributed by atoms with E-state index in [0.29, 0.717) is 10.1 Å². The molecule has 0 bridgehead atoms. The molecule has 2 heterocycles. The lowest BCUT2D eigenvalue weighted by Gasteiger charge is -2.47. The molecule has 2 aliphatic rings. The summed E-state index contributed by atoms with van der Waals surface area (Å²) in [6.45, 7) is 3.61. The molecule has 1 atom stereocenters. The highest BCUT2D eigenvalue weighted by Crippen LogP contribution is 2.55. The average Bonchev–Trinajstić information content (AvgIpc) is 3.31. The second-order valence-corrected chi connectivity index (χ2v) is 10.5. The lowest BCUT2D eigenvalue weighted by Crippen LogP contribution is -2.54. The molecule has 182 valence electrons. The normalized spacial score (nSPS) is 18.5. The molecule has 0 saturated heterocycles. The molecule has 0 amide bonds. The van der Waals surface area contributed by atoms with E-state index in [1.54, 1.807) is 6.92 Å². The van der Waals surface area contributed by atoms with Gasteiger partial charge in [0.05, 0.1) is 17.1 Å². The van der Waals surface area contributed by atoms with E-state index in [4.69, 9.17) is 21.8 Å². The van der Waals surface area contributed by atoms with Crippen molar-refractivity contribution in [3.63, 3.8) is 0 Å². The van der Waals surface area contributed by atoms with Gasteiger partial charge in [-0.1, -0.05) is 84.4 Å². The third-order valence-electron chi connectivity index (χ3n) is 6.50. The topological polar surface area (TPSA) is 48.3 Å². The zero-order valence-corrected chi connectivity index (χ0v) is 21.9. The third-order valence-corrected chi connectivity index (χ3v) is 8.17. The van der Waals surface area contributed by atoms with Gasteiger partial charge in [-0.3, -0.25) is 4.79 Å². The Kier molecular flexibility index (Phi) is 5.86. The van der Waals surface area contributed by atoms with E-state index < -0.39 is 4.99 Å². The molecule has 0 aliphatic carbocycles. The van der Waals surface area contributed by atoms with Crippen LogP contribution in [0.15, 0.2) is 113 Å². The standard InChI is InChI=1S/C30H23ClN4OS/c1-20-10-6-9-15-27(20)35-30(37-29(33-35)21(2)36)26-14-8-7-13-25(26)28(22-16-18-23(31)19-17-22)32-34(30)24-11-4-3-5-12-24/h3-19H,1-2H3. The number of ketones is 1. The molecule has 2 aliphatic heterocycles. The van der Waals surface area contributed by atoms with Gasteiger partial charge in [-0.15, -0.1) is 0 Å². The van der Waals surface area contributed by atoms with Gasteiger partial charge in [0.25, 0.3) is 0 Å². The van der Waals surface area contributed by atoms with Crippen LogP contribution >= 0.6 is 23.4 Å². The fraction of sp³-hybridized carbons (Fsp3) is 0.100. The van der Waals surface area contributed by atoms with Gasteiger partial charge in [-0.2, -0.15) is 10.2 Å². The Morgan fingerprint density at radius 2 is 1.49 bits per heavy atom. The molecule has 1 unspecified atom stereocenters. The molecule has 0 radical (unpaired) electrons. The predicted molar refractivity (Wildman–Crippen MR) is 153 cm³/mol. The Labute approximate surface area is 225 Å². The summed E-state index contributed by atoms with van der Waals surface area (Å²) in [7, 11) is 0. The number of fused-ring (bicyclic) bond motifs is 2. The number of carbonyl (C=O) groups is 1. The number of carbonyl (C=O) groups excluding carboxylic acids is 1. The van der Waals surface area contributed by atoms with E-state index in [-0.39, 0.29) is 5.78 Å². The number of nitrogens with zero attached hydrogens (tertiary/aromatic N) is 4. The van der Waals surface area contributed by atoms with E-state index >= 15 is 0 Å². The van der Waals surface area contributed by atoms with Crippen LogP contribution in [0.1, 0.15) is 29.2 Å². The van der Waals surface area contributed by atoms with Gasteiger partial charge in [0, 0.05) is 28.6 Å². The van der Waals surface area contributed by atoms with Gasteiger partial charge in [0.15, 0.2) is 10.8 Å². The summed E-state index contributed by atoms with van der Waals surface area (Å²) in [4.78, 5) is 11.8. The van der Waals surface area contributed by atoms with Gasteiger partial charge >= 0.3 is 0 Å². The fourth-order valence-electron chi connectivity index (χ4n) is 4.75. The van der Waals surface area contributed by atoms with Crippen LogP contribution in [-0.4, -0.2) is 16.5 Å². The molecule has 4 aromatic rings. The summed E-state index contributed by atoms with van der Waals surface area (Å²) >= 11 is 7.64. The Hall–Kier alpha value is -3.87. The number of halogens is 1. The summed E-state index contributed by atoms with van der Waals surface area (Å²) in [5.41, 5.74) is 6.58. The van der Waals surface area contributed by atoms with Crippen molar-refractivity contribution in [2.75, 3.05) is 10.0 Å². The molecule has 37 heavy (non-hydrogen) atoms. The average molecular weight is 523 g/mol. The Balaban J connectivity index is 1.68. The first-order valence-corrected chi connectivity index (χ1v) is 13.1. The number of anilines is 2. The molecule has 7 heteroatoms. The maximum Gasteiger partial charge on any atom is 0.234 e. The zero-order chi connectivity index (χ0) is 25.6. The molecule has 6 rings (SSSR count). The first kappa shape index (κ1) is 23.5. The monoisotopic (exact) mass is 522 g/mol. The SMILES string of the molecule is CC(=O)C1=NN(c2ccccc2C)C2(S1)c1ccccc1C(c1ccc(Cl)cc1)=NN2c1ccccc1.